The fourth-order valence-corrected chi connectivity index (χ4v) is 4.75. The van der Waals surface area contributed by atoms with Crippen LogP contribution in [0.15, 0.2) is 53.4 Å². The van der Waals surface area contributed by atoms with Gasteiger partial charge >= 0.3 is 0 Å². The molecule has 0 saturated heterocycles. The number of aryl methyl sites for hydroxylation is 1. The van der Waals surface area contributed by atoms with E-state index in [2.05, 4.69) is 5.32 Å². The Labute approximate surface area is 208 Å². The molecule has 2 rings (SSSR count). The van der Waals surface area contributed by atoms with Crippen molar-refractivity contribution in [3.8, 4) is 0 Å². The molecule has 2 aromatic carbocycles. The summed E-state index contributed by atoms with van der Waals surface area (Å²) in [5, 5.41) is 3.39. The molecule has 1 N–H and O–H groups in total. The Kier molecular flexibility index (Phi) is 9.28. The van der Waals surface area contributed by atoms with E-state index in [4.69, 9.17) is 11.6 Å². The second-order valence-corrected chi connectivity index (χ2v) is 11.8. The zero-order valence-electron chi connectivity index (χ0n) is 20.6. The van der Waals surface area contributed by atoms with Crippen molar-refractivity contribution in [2.45, 2.75) is 64.1 Å². The van der Waals surface area contributed by atoms with Gasteiger partial charge in [0.1, 0.15) is 6.04 Å². The number of hydrogen-bond donors (Lipinski definition) is 1. The van der Waals surface area contributed by atoms with E-state index in [0.29, 0.717) is 17.0 Å². The van der Waals surface area contributed by atoms with Gasteiger partial charge in [-0.15, -0.1) is 0 Å². The third-order valence-corrected chi connectivity index (χ3v) is 7.46. The molecule has 0 unspecified atom stereocenters. The van der Waals surface area contributed by atoms with Crippen molar-refractivity contribution in [1.82, 2.24) is 14.5 Å². The molecule has 2 aromatic rings. The molecule has 2 amide bonds. The van der Waals surface area contributed by atoms with Gasteiger partial charge in [-0.1, -0.05) is 54.4 Å². The van der Waals surface area contributed by atoms with Crippen molar-refractivity contribution in [2.75, 3.05) is 13.6 Å². The SMILES string of the molecule is CC[C@@H](C(=O)NC(C)(C)C)N(Cc1ccccc1Cl)C(=O)CN(C)S(=O)(=O)c1ccc(C)cc1. The van der Waals surface area contributed by atoms with Crippen LogP contribution in [-0.4, -0.2) is 54.6 Å². The van der Waals surface area contributed by atoms with E-state index in [1.165, 1.54) is 24.1 Å². The second-order valence-electron chi connectivity index (χ2n) is 9.35. The Bertz CT molecular complexity index is 1110. The summed E-state index contributed by atoms with van der Waals surface area (Å²) in [5.74, 6) is -0.798. The van der Waals surface area contributed by atoms with Gasteiger partial charge in [0.25, 0.3) is 0 Å². The van der Waals surface area contributed by atoms with Crippen molar-refractivity contribution in [2.24, 2.45) is 0 Å². The normalized spacial score (nSPS) is 12.9. The lowest BCUT2D eigenvalue weighted by atomic mass is 10.1. The molecule has 0 bridgehead atoms. The first-order valence-electron chi connectivity index (χ1n) is 11.1. The highest BCUT2D eigenvalue weighted by molar-refractivity contribution is 7.89. The second kappa shape index (κ2) is 11.3. The molecule has 7 nitrogen and oxygen atoms in total. The number of halogens is 1. The molecule has 0 spiro atoms. The predicted octanol–water partition coefficient (Wildman–Crippen LogP) is 3.99. The van der Waals surface area contributed by atoms with Crippen LogP contribution in [0.2, 0.25) is 5.02 Å². The molecule has 0 radical (unpaired) electrons. The number of likely N-dealkylation sites (N-methyl/N-ethyl adjacent to an activating group) is 1. The molecule has 0 aliphatic heterocycles. The molecule has 0 aliphatic carbocycles. The minimum absolute atomic E-state index is 0.0764. The van der Waals surface area contributed by atoms with Gasteiger partial charge in [-0.2, -0.15) is 4.31 Å². The van der Waals surface area contributed by atoms with Gasteiger partial charge in [0, 0.05) is 24.2 Å². The van der Waals surface area contributed by atoms with Crippen molar-refractivity contribution in [1.29, 1.82) is 0 Å². The third-order valence-electron chi connectivity index (χ3n) is 5.27. The Morgan fingerprint density at radius 2 is 1.65 bits per heavy atom. The maximum atomic E-state index is 13.5. The Balaban J connectivity index is 2.36. The number of benzene rings is 2. The van der Waals surface area contributed by atoms with Crippen LogP contribution in [0.1, 0.15) is 45.2 Å². The van der Waals surface area contributed by atoms with Crippen LogP contribution in [0.3, 0.4) is 0 Å². The fourth-order valence-electron chi connectivity index (χ4n) is 3.44. The Morgan fingerprint density at radius 3 is 2.18 bits per heavy atom. The maximum Gasteiger partial charge on any atom is 0.243 e. The van der Waals surface area contributed by atoms with Gasteiger partial charge in [0.05, 0.1) is 11.4 Å². The number of sulfonamides is 1. The summed E-state index contributed by atoms with van der Waals surface area (Å²) in [5.41, 5.74) is 1.11. The van der Waals surface area contributed by atoms with E-state index in [9.17, 15) is 18.0 Å². The van der Waals surface area contributed by atoms with E-state index >= 15 is 0 Å². The molecule has 0 heterocycles. The molecule has 186 valence electrons. The highest BCUT2D eigenvalue weighted by Gasteiger charge is 2.33. The lowest BCUT2D eigenvalue weighted by molar-refractivity contribution is -0.142. The summed E-state index contributed by atoms with van der Waals surface area (Å²) < 4.78 is 27.1. The first-order chi connectivity index (χ1) is 15.8. The number of hydrogen-bond acceptors (Lipinski definition) is 4. The van der Waals surface area contributed by atoms with Crippen LogP contribution < -0.4 is 5.32 Å². The van der Waals surface area contributed by atoms with Crippen LogP contribution in [0, 0.1) is 6.92 Å². The van der Waals surface area contributed by atoms with Crippen molar-refractivity contribution in [3.05, 3.63) is 64.7 Å². The van der Waals surface area contributed by atoms with Crippen LogP contribution in [0.25, 0.3) is 0 Å². The van der Waals surface area contributed by atoms with Gasteiger partial charge in [-0.25, -0.2) is 8.42 Å². The molecule has 0 aliphatic rings. The summed E-state index contributed by atoms with van der Waals surface area (Å²) >= 11 is 6.33. The highest BCUT2D eigenvalue weighted by Crippen LogP contribution is 2.21. The van der Waals surface area contributed by atoms with Crippen molar-refractivity contribution < 1.29 is 18.0 Å². The van der Waals surface area contributed by atoms with Crippen LogP contribution >= 0.6 is 11.6 Å². The fraction of sp³-hybridized carbons (Fsp3) is 0.440. The summed E-state index contributed by atoms with van der Waals surface area (Å²) in [6.45, 7) is 8.92. The molecule has 0 fully saturated rings. The minimum atomic E-state index is -3.89. The van der Waals surface area contributed by atoms with E-state index in [-0.39, 0.29) is 17.3 Å². The zero-order valence-corrected chi connectivity index (χ0v) is 22.2. The monoisotopic (exact) mass is 507 g/mol. The molecule has 1 atom stereocenters. The summed E-state index contributed by atoms with van der Waals surface area (Å²) in [6, 6.07) is 12.7. The first kappa shape index (κ1) is 27.8. The summed E-state index contributed by atoms with van der Waals surface area (Å²) in [4.78, 5) is 28.1. The maximum absolute atomic E-state index is 13.5. The van der Waals surface area contributed by atoms with Gasteiger partial charge in [-0.3, -0.25) is 9.59 Å². The largest absolute Gasteiger partial charge is 0.350 e. The number of carbonyl (C=O) groups is 2. The molecular formula is C25H34ClN3O4S. The molecule has 9 heteroatoms. The smallest absolute Gasteiger partial charge is 0.243 e. The number of carbonyl (C=O) groups excluding carboxylic acids is 2. The van der Waals surface area contributed by atoms with Gasteiger partial charge in [-0.05, 0) is 57.9 Å². The molecular weight excluding hydrogens is 474 g/mol. The molecule has 0 saturated carbocycles. The minimum Gasteiger partial charge on any atom is -0.350 e. The van der Waals surface area contributed by atoms with E-state index in [1.807, 2.05) is 34.6 Å². The molecule has 34 heavy (non-hydrogen) atoms. The Morgan fingerprint density at radius 1 is 1.06 bits per heavy atom. The van der Waals surface area contributed by atoms with Crippen molar-refractivity contribution >= 4 is 33.4 Å². The van der Waals surface area contributed by atoms with Gasteiger partial charge in [0.2, 0.25) is 21.8 Å². The lowest BCUT2D eigenvalue weighted by Crippen LogP contribution is -2.55. The zero-order chi connectivity index (χ0) is 25.7. The van der Waals surface area contributed by atoms with Crippen LogP contribution in [-0.2, 0) is 26.2 Å². The number of amides is 2. The van der Waals surface area contributed by atoms with Crippen LogP contribution in [0.4, 0.5) is 0 Å². The summed E-state index contributed by atoms with van der Waals surface area (Å²) in [6.07, 6.45) is 0.354. The standard InChI is InChI=1S/C25H34ClN3O4S/c1-7-22(24(31)27-25(3,4)5)29(16-19-10-8-9-11-21(19)26)23(30)17-28(6)34(32,33)20-14-12-18(2)13-15-20/h8-15,22H,7,16-17H2,1-6H3,(H,27,31)/t22-/m0/s1. The predicted molar refractivity (Wildman–Crippen MR) is 135 cm³/mol. The Hall–Kier alpha value is -2.42. The average molecular weight is 508 g/mol. The quantitative estimate of drug-likeness (QED) is 0.556. The number of nitrogens with one attached hydrogen (secondary N) is 1. The first-order valence-corrected chi connectivity index (χ1v) is 13.0. The van der Waals surface area contributed by atoms with Crippen LogP contribution in [0.5, 0.6) is 0 Å². The molecule has 0 aromatic heterocycles. The third kappa shape index (κ3) is 7.29. The average Bonchev–Trinajstić information content (AvgIpc) is 2.73. The summed E-state index contributed by atoms with van der Waals surface area (Å²) in [7, 11) is -2.53. The number of rotatable bonds is 9. The van der Waals surface area contributed by atoms with E-state index in [0.717, 1.165) is 9.87 Å². The topological polar surface area (TPSA) is 86.8 Å². The number of nitrogens with zero attached hydrogens (tertiary/aromatic N) is 2. The lowest BCUT2D eigenvalue weighted by Gasteiger charge is -2.34. The van der Waals surface area contributed by atoms with Gasteiger partial charge < -0.3 is 10.2 Å². The van der Waals surface area contributed by atoms with Gasteiger partial charge in [0.15, 0.2) is 0 Å². The highest BCUT2D eigenvalue weighted by atomic mass is 35.5. The van der Waals surface area contributed by atoms with Crippen molar-refractivity contribution in [3.63, 3.8) is 0 Å². The van der Waals surface area contributed by atoms with E-state index < -0.39 is 34.1 Å². The van der Waals surface area contributed by atoms with E-state index in [1.54, 1.807) is 36.4 Å².